The molecule has 11 nitrogen and oxygen atoms in total. The van der Waals surface area contributed by atoms with Crippen molar-refractivity contribution < 1.29 is 34.9 Å². The molecule has 2 rings (SSSR count). The van der Waals surface area contributed by atoms with Gasteiger partial charge in [-0.1, -0.05) is 13.0 Å². The lowest BCUT2D eigenvalue weighted by Crippen LogP contribution is -2.29. The Hall–Kier alpha value is -1.75. The zero-order valence-electron chi connectivity index (χ0n) is 16.6. The monoisotopic (exact) mass is 617 g/mol. The van der Waals surface area contributed by atoms with Crippen LogP contribution in [0.3, 0.4) is 0 Å². The molecule has 0 amide bonds. The molecule has 0 aliphatic heterocycles. The SMILES string of the molecule is CCCOS(=O)(=O)O.N=C(N)NCc1ccc(Oc2cc(S(=O)(=O)O)ccc2Br)c(Br)c1. The molecule has 0 aliphatic rings. The minimum absolute atomic E-state index is 0.0405. The second-order valence-corrected chi connectivity index (χ2v) is 10.2. The van der Waals surface area contributed by atoms with Gasteiger partial charge in [0.05, 0.1) is 20.4 Å². The lowest BCUT2D eigenvalue weighted by Gasteiger charge is -2.12. The van der Waals surface area contributed by atoms with E-state index >= 15 is 0 Å². The van der Waals surface area contributed by atoms with Crippen LogP contribution >= 0.6 is 31.9 Å². The Balaban J connectivity index is 0.000000547. The van der Waals surface area contributed by atoms with Gasteiger partial charge in [0.2, 0.25) is 0 Å². The van der Waals surface area contributed by atoms with Crippen LogP contribution in [-0.4, -0.2) is 38.5 Å². The van der Waals surface area contributed by atoms with E-state index in [2.05, 4.69) is 41.4 Å². The smallest absolute Gasteiger partial charge is 0.397 e. The van der Waals surface area contributed by atoms with Crippen LogP contribution in [0.15, 0.2) is 50.2 Å². The molecule has 0 heterocycles. The summed E-state index contributed by atoms with van der Waals surface area (Å²) in [5.41, 5.74) is 6.11. The Morgan fingerprint density at radius 2 is 1.72 bits per heavy atom. The van der Waals surface area contributed by atoms with Crippen LogP contribution < -0.4 is 15.8 Å². The molecule has 0 saturated carbocycles. The Kier molecular flexibility index (Phi) is 11.0. The summed E-state index contributed by atoms with van der Waals surface area (Å²) in [4.78, 5) is -0.265. The van der Waals surface area contributed by atoms with Gasteiger partial charge in [0, 0.05) is 12.6 Å². The first-order valence-electron chi connectivity index (χ1n) is 8.66. The number of ether oxygens (including phenoxy) is 1. The summed E-state index contributed by atoms with van der Waals surface area (Å²) in [6, 6.07) is 9.20. The minimum atomic E-state index is -4.32. The summed E-state index contributed by atoms with van der Waals surface area (Å²) in [5.74, 6) is 0.563. The van der Waals surface area contributed by atoms with Gasteiger partial charge >= 0.3 is 10.4 Å². The lowest BCUT2D eigenvalue weighted by atomic mass is 10.2. The van der Waals surface area contributed by atoms with Crippen LogP contribution in [0.25, 0.3) is 0 Å². The zero-order chi connectivity index (χ0) is 24.5. The first-order chi connectivity index (χ1) is 14.7. The molecule has 0 radical (unpaired) electrons. The van der Waals surface area contributed by atoms with E-state index in [9.17, 15) is 16.8 Å². The molecule has 0 aromatic heterocycles. The van der Waals surface area contributed by atoms with E-state index < -0.39 is 20.5 Å². The molecular weight excluding hydrogens is 598 g/mol. The number of guanidine groups is 1. The van der Waals surface area contributed by atoms with E-state index in [1.807, 2.05) is 0 Å². The summed E-state index contributed by atoms with van der Waals surface area (Å²) < 4.78 is 69.7. The quantitative estimate of drug-likeness (QED) is 0.166. The summed E-state index contributed by atoms with van der Waals surface area (Å²) in [6.45, 7) is 2.17. The summed E-state index contributed by atoms with van der Waals surface area (Å²) in [6.07, 6.45) is 0.569. The molecule has 6 N–H and O–H groups in total. The third-order valence-electron chi connectivity index (χ3n) is 3.34. The van der Waals surface area contributed by atoms with E-state index in [0.717, 1.165) is 5.56 Å². The van der Waals surface area contributed by atoms with E-state index in [1.165, 1.54) is 18.2 Å². The van der Waals surface area contributed by atoms with Crippen LogP contribution in [0.2, 0.25) is 0 Å². The Morgan fingerprint density at radius 1 is 1.06 bits per heavy atom. The highest BCUT2D eigenvalue weighted by Gasteiger charge is 2.14. The number of hydrogen-bond donors (Lipinski definition) is 5. The van der Waals surface area contributed by atoms with Crippen LogP contribution in [0.5, 0.6) is 11.5 Å². The van der Waals surface area contributed by atoms with Gasteiger partial charge < -0.3 is 15.8 Å². The molecule has 32 heavy (non-hydrogen) atoms. The standard InChI is InChI=1S/C14H13Br2N3O4S.C3H8O4S/c15-10-3-2-9(24(20,21)22)6-13(10)23-12-4-1-8(5-11(12)16)7-19-14(17)18;1-2-3-7-8(4,5)6/h1-6H,7H2,(H4,17,18,19)(H,20,21,22);2-3H2,1H3,(H,4,5,6). The van der Waals surface area contributed by atoms with Gasteiger partial charge in [-0.05, 0) is 68.1 Å². The second kappa shape index (κ2) is 12.5. The van der Waals surface area contributed by atoms with Gasteiger partial charge in [-0.15, -0.1) is 0 Å². The molecule has 0 spiro atoms. The predicted octanol–water partition coefficient (Wildman–Crippen LogP) is 3.45. The maximum atomic E-state index is 11.2. The third-order valence-corrected chi connectivity index (χ3v) is 5.93. The van der Waals surface area contributed by atoms with Crippen molar-refractivity contribution >= 4 is 58.3 Å². The number of benzene rings is 2. The van der Waals surface area contributed by atoms with Crippen LogP contribution in [-0.2, 0) is 31.2 Å². The van der Waals surface area contributed by atoms with Crippen molar-refractivity contribution in [1.29, 1.82) is 5.41 Å². The summed E-state index contributed by atoms with van der Waals surface area (Å²) >= 11 is 6.64. The zero-order valence-corrected chi connectivity index (χ0v) is 21.4. The molecule has 0 bridgehead atoms. The average Bonchev–Trinajstić information content (AvgIpc) is 2.67. The van der Waals surface area contributed by atoms with Gasteiger partial charge in [0.1, 0.15) is 11.5 Å². The molecule has 0 atom stereocenters. The molecule has 2 aromatic rings. The normalized spacial score (nSPS) is 11.3. The first-order valence-corrected chi connectivity index (χ1v) is 13.0. The Labute approximate surface area is 202 Å². The molecule has 15 heteroatoms. The number of rotatable bonds is 8. The van der Waals surface area contributed by atoms with E-state index in [1.54, 1.807) is 25.1 Å². The van der Waals surface area contributed by atoms with Crippen molar-refractivity contribution in [1.82, 2.24) is 5.32 Å². The number of nitrogens with one attached hydrogen (secondary N) is 2. The van der Waals surface area contributed by atoms with Gasteiger partial charge in [0.15, 0.2) is 5.96 Å². The van der Waals surface area contributed by atoms with Gasteiger partial charge in [-0.3, -0.25) is 14.5 Å². The van der Waals surface area contributed by atoms with Gasteiger partial charge in [-0.25, -0.2) is 4.18 Å². The molecule has 0 fully saturated rings. The fourth-order valence-corrected chi connectivity index (χ4v) is 3.67. The van der Waals surface area contributed by atoms with Crippen molar-refractivity contribution in [2.24, 2.45) is 5.73 Å². The fourth-order valence-electron chi connectivity index (χ4n) is 1.96. The summed E-state index contributed by atoms with van der Waals surface area (Å²) in [7, 11) is -8.51. The molecular formula is C17H21Br2N3O8S2. The van der Waals surface area contributed by atoms with Crippen molar-refractivity contribution in [2.45, 2.75) is 24.8 Å². The van der Waals surface area contributed by atoms with Crippen LogP contribution in [0, 0.1) is 5.41 Å². The van der Waals surface area contributed by atoms with E-state index in [-0.39, 0.29) is 23.2 Å². The number of hydrogen-bond acceptors (Lipinski definition) is 7. The first kappa shape index (κ1) is 28.3. The van der Waals surface area contributed by atoms with Crippen molar-refractivity contribution in [3.05, 3.63) is 50.9 Å². The van der Waals surface area contributed by atoms with E-state index in [4.69, 9.17) is 25.0 Å². The molecule has 0 aliphatic carbocycles. The molecule has 0 unspecified atom stereocenters. The Morgan fingerprint density at radius 3 is 2.19 bits per heavy atom. The highest BCUT2D eigenvalue weighted by atomic mass is 79.9. The predicted molar refractivity (Wildman–Crippen MR) is 125 cm³/mol. The van der Waals surface area contributed by atoms with E-state index in [0.29, 0.717) is 27.7 Å². The molecule has 0 saturated heterocycles. The van der Waals surface area contributed by atoms with Gasteiger partial charge in [-0.2, -0.15) is 16.8 Å². The van der Waals surface area contributed by atoms with Crippen molar-refractivity contribution in [2.75, 3.05) is 6.61 Å². The third kappa shape index (κ3) is 10.7. The highest BCUT2D eigenvalue weighted by Crippen LogP contribution is 2.35. The highest BCUT2D eigenvalue weighted by molar-refractivity contribution is 9.11. The second-order valence-electron chi connectivity index (χ2n) is 5.95. The number of nitrogens with two attached hydrogens (primary N) is 1. The van der Waals surface area contributed by atoms with Crippen molar-refractivity contribution in [3.63, 3.8) is 0 Å². The van der Waals surface area contributed by atoms with Gasteiger partial charge in [0.25, 0.3) is 10.1 Å². The largest absolute Gasteiger partial charge is 0.455 e. The Bertz CT molecular complexity index is 1160. The van der Waals surface area contributed by atoms with Crippen LogP contribution in [0.4, 0.5) is 0 Å². The van der Waals surface area contributed by atoms with Crippen molar-refractivity contribution in [3.8, 4) is 11.5 Å². The fraction of sp³-hybridized carbons (Fsp3) is 0.235. The lowest BCUT2D eigenvalue weighted by molar-refractivity contribution is 0.269. The van der Waals surface area contributed by atoms with Crippen LogP contribution in [0.1, 0.15) is 18.9 Å². The number of halogens is 2. The molecule has 2 aromatic carbocycles. The maximum Gasteiger partial charge on any atom is 0.397 e. The minimum Gasteiger partial charge on any atom is -0.455 e. The molecule has 178 valence electrons. The summed E-state index contributed by atoms with van der Waals surface area (Å²) in [5, 5.41) is 9.83. The average molecular weight is 619 g/mol. The maximum absolute atomic E-state index is 11.2. The topological polar surface area (TPSA) is 189 Å².